The van der Waals surface area contributed by atoms with Crippen molar-refractivity contribution in [1.29, 1.82) is 0 Å². The molecule has 0 saturated heterocycles. The molecule has 0 unspecified atom stereocenters. The molecule has 4 heteroatoms. The Morgan fingerprint density at radius 1 is 0.765 bits per heavy atom. The Balaban J connectivity index is 4.25. The lowest BCUT2D eigenvalue weighted by atomic mass is 10.3. The summed E-state index contributed by atoms with van der Waals surface area (Å²) < 4.78 is 22.0. The summed E-state index contributed by atoms with van der Waals surface area (Å²) in [5, 5.41) is 0. The number of hydrogen-bond acceptors (Lipinski definition) is 4. The van der Waals surface area contributed by atoms with E-state index in [4.69, 9.17) is 18.9 Å². The van der Waals surface area contributed by atoms with E-state index in [-0.39, 0.29) is 0 Å². The number of ether oxygens (including phenoxy) is 4. The van der Waals surface area contributed by atoms with E-state index < -0.39 is 5.79 Å². The van der Waals surface area contributed by atoms with E-state index in [2.05, 4.69) is 13.8 Å². The lowest BCUT2D eigenvalue weighted by molar-refractivity contribution is -0.277. The highest BCUT2D eigenvalue weighted by molar-refractivity contribution is 4.69. The van der Waals surface area contributed by atoms with E-state index in [0.717, 1.165) is 25.7 Å². The van der Waals surface area contributed by atoms with Crippen LogP contribution >= 0.6 is 0 Å². The minimum Gasteiger partial charge on any atom is -0.379 e. The number of methoxy groups -OCH3 is 2. The molecule has 0 atom stereocenters. The van der Waals surface area contributed by atoms with E-state index in [9.17, 15) is 0 Å². The third-order valence-corrected chi connectivity index (χ3v) is 2.45. The quantitative estimate of drug-likeness (QED) is 0.393. The first-order chi connectivity index (χ1) is 8.24. The molecule has 4 nitrogen and oxygen atoms in total. The molecule has 0 N–H and O–H groups in total. The SMILES string of the molecule is CCCCOC(COC)(COC)OCCCC. The van der Waals surface area contributed by atoms with Crippen LogP contribution in [0.15, 0.2) is 0 Å². The van der Waals surface area contributed by atoms with Gasteiger partial charge in [0.25, 0.3) is 0 Å². The van der Waals surface area contributed by atoms with Crippen LogP contribution in [0.1, 0.15) is 39.5 Å². The first kappa shape index (κ1) is 16.8. The van der Waals surface area contributed by atoms with Gasteiger partial charge in [0.2, 0.25) is 5.79 Å². The molecular weight excluding hydrogens is 220 g/mol. The largest absolute Gasteiger partial charge is 0.379 e. The highest BCUT2D eigenvalue weighted by atomic mass is 16.7. The van der Waals surface area contributed by atoms with Crippen molar-refractivity contribution in [2.75, 3.05) is 40.6 Å². The molecule has 0 amide bonds. The predicted molar refractivity (Wildman–Crippen MR) is 68.2 cm³/mol. The standard InChI is InChI=1S/C13H28O4/c1-5-7-9-16-13(11-14-3,12-15-4)17-10-8-6-2/h5-12H2,1-4H3. The monoisotopic (exact) mass is 248 g/mol. The fourth-order valence-corrected chi connectivity index (χ4v) is 1.49. The zero-order valence-electron chi connectivity index (χ0n) is 11.8. The molecule has 0 fully saturated rings. The van der Waals surface area contributed by atoms with Gasteiger partial charge in [0.05, 0.1) is 13.2 Å². The lowest BCUT2D eigenvalue weighted by Gasteiger charge is -2.32. The molecule has 0 spiro atoms. The molecule has 0 aliphatic heterocycles. The number of rotatable bonds is 12. The van der Waals surface area contributed by atoms with Gasteiger partial charge in [0.15, 0.2) is 0 Å². The fourth-order valence-electron chi connectivity index (χ4n) is 1.49. The molecule has 0 aliphatic carbocycles. The summed E-state index contributed by atoms with van der Waals surface area (Å²) >= 11 is 0. The smallest absolute Gasteiger partial charge is 0.216 e. The van der Waals surface area contributed by atoms with Crippen LogP contribution in [0.3, 0.4) is 0 Å². The molecule has 0 bridgehead atoms. The van der Waals surface area contributed by atoms with Gasteiger partial charge in [0, 0.05) is 14.2 Å². The first-order valence-corrected chi connectivity index (χ1v) is 6.50. The average molecular weight is 248 g/mol. The summed E-state index contributed by atoms with van der Waals surface area (Å²) in [5.41, 5.74) is 0. The van der Waals surface area contributed by atoms with Gasteiger partial charge >= 0.3 is 0 Å². The maximum absolute atomic E-state index is 5.83. The Hall–Kier alpha value is -0.160. The fraction of sp³-hybridized carbons (Fsp3) is 1.00. The normalized spacial score (nSPS) is 12.0. The second-order valence-electron chi connectivity index (χ2n) is 4.18. The van der Waals surface area contributed by atoms with E-state index in [1.165, 1.54) is 0 Å². The van der Waals surface area contributed by atoms with Gasteiger partial charge in [-0.3, -0.25) is 0 Å². The molecule has 0 rings (SSSR count). The molecule has 0 aliphatic rings. The molecule has 104 valence electrons. The highest BCUT2D eigenvalue weighted by Crippen LogP contribution is 2.16. The summed E-state index contributed by atoms with van der Waals surface area (Å²) in [7, 11) is 3.30. The Morgan fingerprint density at radius 2 is 1.18 bits per heavy atom. The summed E-state index contributed by atoms with van der Waals surface area (Å²) in [6.45, 7) is 6.42. The summed E-state index contributed by atoms with van der Waals surface area (Å²) in [6, 6.07) is 0. The lowest BCUT2D eigenvalue weighted by Crippen LogP contribution is -2.45. The molecule has 0 aromatic heterocycles. The van der Waals surface area contributed by atoms with Gasteiger partial charge in [0.1, 0.15) is 13.2 Å². The van der Waals surface area contributed by atoms with Crippen LogP contribution in [0.25, 0.3) is 0 Å². The van der Waals surface area contributed by atoms with Crippen molar-refractivity contribution < 1.29 is 18.9 Å². The summed E-state index contributed by atoms with van der Waals surface area (Å²) in [4.78, 5) is 0. The van der Waals surface area contributed by atoms with Crippen molar-refractivity contribution in [3.05, 3.63) is 0 Å². The van der Waals surface area contributed by atoms with Gasteiger partial charge in [-0.15, -0.1) is 0 Å². The zero-order valence-corrected chi connectivity index (χ0v) is 11.8. The van der Waals surface area contributed by atoms with Gasteiger partial charge in [-0.2, -0.15) is 0 Å². The number of hydrogen-bond donors (Lipinski definition) is 0. The maximum Gasteiger partial charge on any atom is 0.216 e. The molecule has 0 radical (unpaired) electrons. The van der Waals surface area contributed by atoms with Crippen molar-refractivity contribution in [1.82, 2.24) is 0 Å². The topological polar surface area (TPSA) is 36.9 Å². The molecular formula is C13H28O4. The van der Waals surface area contributed by atoms with Crippen LogP contribution in [0.2, 0.25) is 0 Å². The second-order valence-corrected chi connectivity index (χ2v) is 4.18. The van der Waals surface area contributed by atoms with E-state index in [1.807, 2.05) is 0 Å². The Kier molecular flexibility index (Phi) is 10.9. The second kappa shape index (κ2) is 11.0. The molecule has 17 heavy (non-hydrogen) atoms. The summed E-state index contributed by atoms with van der Waals surface area (Å²) in [6.07, 6.45) is 4.24. The van der Waals surface area contributed by atoms with Crippen LogP contribution in [0.5, 0.6) is 0 Å². The Labute approximate surface area is 106 Å². The first-order valence-electron chi connectivity index (χ1n) is 6.50. The third-order valence-electron chi connectivity index (χ3n) is 2.45. The Morgan fingerprint density at radius 3 is 1.47 bits per heavy atom. The van der Waals surface area contributed by atoms with Gasteiger partial charge in [-0.1, -0.05) is 26.7 Å². The van der Waals surface area contributed by atoms with Crippen LogP contribution < -0.4 is 0 Å². The van der Waals surface area contributed by atoms with E-state index >= 15 is 0 Å². The van der Waals surface area contributed by atoms with Crippen molar-refractivity contribution in [3.63, 3.8) is 0 Å². The molecule has 0 saturated carbocycles. The average Bonchev–Trinajstić information content (AvgIpc) is 2.30. The van der Waals surface area contributed by atoms with Gasteiger partial charge in [-0.05, 0) is 12.8 Å². The van der Waals surface area contributed by atoms with Gasteiger partial charge in [-0.25, -0.2) is 0 Å². The van der Waals surface area contributed by atoms with Gasteiger partial charge < -0.3 is 18.9 Å². The van der Waals surface area contributed by atoms with Crippen LogP contribution in [0, 0.1) is 0 Å². The van der Waals surface area contributed by atoms with Crippen molar-refractivity contribution >= 4 is 0 Å². The highest BCUT2D eigenvalue weighted by Gasteiger charge is 2.32. The van der Waals surface area contributed by atoms with Crippen molar-refractivity contribution in [2.24, 2.45) is 0 Å². The van der Waals surface area contributed by atoms with Crippen molar-refractivity contribution in [3.8, 4) is 0 Å². The minimum atomic E-state index is -0.742. The van der Waals surface area contributed by atoms with Crippen LogP contribution in [-0.2, 0) is 18.9 Å². The third kappa shape index (κ3) is 7.71. The molecule has 0 aromatic rings. The maximum atomic E-state index is 5.83. The zero-order chi connectivity index (χ0) is 13.0. The van der Waals surface area contributed by atoms with Crippen LogP contribution in [-0.4, -0.2) is 46.4 Å². The van der Waals surface area contributed by atoms with E-state index in [0.29, 0.717) is 26.4 Å². The summed E-state index contributed by atoms with van der Waals surface area (Å²) in [5.74, 6) is -0.742. The van der Waals surface area contributed by atoms with Crippen molar-refractivity contribution in [2.45, 2.75) is 45.3 Å². The van der Waals surface area contributed by atoms with E-state index in [1.54, 1.807) is 14.2 Å². The van der Waals surface area contributed by atoms with Crippen LogP contribution in [0.4, 0.5) is 0 Å². The molecule has 0 heterocycles. The minimum absolute atomic E-state index is 0.397. The number of unbranched alkanes of at least 4 members (excludes halogenated alkanes) is 2. The molecule has 0 aromatic carbocycles. The Bertz CT molecular complexity index is 143. The predicted octanol–water partition coefficient (Wildman–Crippen LogP) is 2.61.